The number of aromatic nitrogens is 1. The number of hydrogen-bond acceptors (Lipinski definition) is 3. The Morgan fingerprint density at radius 1 is 1.35 bits per heavy atom. The summed E-state index contributed by atoms with van der Waals surface area (Å²) in [6.07, 6.45) is 1.15. The summed E-state index contributed by atoms with van der Waals surface area (Å²) in [5.41, 5.74) is -0.191. The van der Waals surface area contributed by atoms with Crippen LogP contribution in [0.15, 0.2) is 24.4 Å². The van der Waals surface area contributed by atoms with Crippen molar-refractivity contribution < 1.29 is 13.6 Å². The van der Waals surface area contributed by atoms with E-state index < -0.39 is 11.6 Å². The molecular weight excluding hydrogens is 244 g/mol. The van der Waals surface area contributed by atoms with Gasteiger partial charge in [0.2, 0.25) is 0 Å². The first kappa shape index (κ1) is 11.9. The molecule has 0 radical (unpaired) electrons. The number of rotatable bonds is 3. The predicted molar refractivity (Wildman–Crippen MR) is 61.2 cm³/mol. The van der Waals surface area contributed by atoms with Gasteiger partial charge in [0.25, 0.3) is 0 Å². The molecule has 5 heteroatoms. The molecule has 2 nitrogen and oxygen atoms in total. The fraction of sp³-hybridized carbons (Fsp3) is 0.167. The van der Waals surface area contributed by atoms with E-state index >= 15 is 0 Å². The van der Waals surface area contributed by atoms with Crippen LogP contribution in [0.25, 0.3) is 0 Å². The highest BCUT2D eigenvalue weighted by molar-refractivity contribution is 7.13. The number of hydrogen-bond donors (Lipinski definition) is 0. The minimum atomic E-state index is -0.695. The summed E-state index contributed by atoms with van der Waals surface area (Å²) in [6, 6.07) is 3.56. The van der Waals surface area contributed by atoms with Crippen LogP contribution in [0, 0.1) is 18.6 Å². The predicted octanol–water partition coefficient (Wildman–Crippen LogP) is 3.16. The summed E-state index contributed by atoms with van der Waals surface area (Å²) < 4.78 is 26.7. The summed E-state index contributed by atoms with van der Waals surface area (Å²) in [5.74, 6) is -1.71. The summed E-state index contributed by atoms with van der Waals surface area (Å²) in [4.78, 5) is 16.1. The fourth-order valence-electron chi connectivity index (χ4n) is 1.44. The molecule has 1 aromatic carbocycles. The summed E-state index contributed by atoms with van der Waals surface area (Å²) in [7, 11) is 0. The maximum absolute atomic E-state index is 13.3. The number of nitrogens with zero attached hydrogens (tertiary/aromatic N) is 1. The zero-order valence-electron chi connectivity index (χ0n) is 9.04. The molecule has 2 rings (SSSR count). The maximum atomic E-state index is 13.3. The Morgan fingerprint density at radius 2 is 2.00 bits per heavy atom. The molecule has 0 fully saturated rings. The largest absolute Gasteiger partial charge is 0.293 e. The van der Waals surface area contributed by atoms with Gasteiger partial charge in [-0.2, -0.15) is 0 Å². The molecule has 0 unspecified atom stereocenters. The van der Waals surface area contributed by atoms with Crippen molar-refractivity contribution in [1.82, 2.24) is 4.98 Å². The third-order valence-electron chi connectivity index (χ3n) is 2.30. The highest BCUT2D eigenvalue weighted by Gasteiger charge is 2.15. The smallest absolute Gasteiger partial charge is 0.178 e. The molecule has 0 atom stereocenters. The standard InChI is InChI=1S/C12H9F2NOS/c1-7-15-6-12(17-7)11(16)5-8-9(13)3-2-4-10(8)14/h2-4,6H,5H2,1H3. The van der Waals surface area contributed by atoms with E-state index in [1.165, 1.54) is 23.6 Å². The van der Waals surface area contributed by atoms with Gasteiger partial charge in [-0.3, -0.25) is 4.79 Å². The van der Waals surface area contributed by atoms with Crippen molar-refractivity contribution in [3.05, 3.63) is 51.5 Å². The van der Waals surface area contributed by atoms with Crippen LogP contribution in [0.4, 0.5) is 8.78 Å². The van der Waals surface area contributed by atoms with Gasteiger partial charge in [0.05, 0.1) is 9.88 Å². The third-order valence-corrected chi connectivity index (χ3v) is 3.25. The normalized spacial score (nSPS) is 10.5. The molecule has 0 saturated heterocycles. The van der Waals surface area contributed by atoms with Crippen molar-refractivity contribution in [3.8, 4) is 0 Å². The lowest BCUT2D eigenvalue weighted by molar-refractivity contribution is 0.0994. The minimum absolute atomic E-state index is 0.191. The van der Waals surface area contributed by atoms with Gasteiger partial charge in [0.1, 0.15) is 11.6 Å². The van der Waals surface area contributed by atoms with E-state index in [-0.39, 0.29) is 17.8 Å². The Morgan fingerprint density at radius 3 is 2.53 bits per heavy atom. The van der Waals surface area contributed by atoms with Gasteiger partial charge in [-0.1, -0.05) is 6.07 Å². The van der Waals surface area contributed by atoms with Crippen LogP contribution in [0.2, 0.25) is 0 Å². The van der Waals surface area contributed by atoms with Crippen LogP contribution < -0.4 is 0 Å². The topological polar surface area (TPSA) is 30.0 Å². The quantitative estimate of drug-likeness (QED) is 0.786. The van der Waals surface area contributed by atoms with E-state index in [0.29, 0.717) is 4.88 Å². The average molecular weight is 253 g/mol. The van der Waals surface area contributed by atoms with E-state index in [1.54, 1.807) is 6.92 Å². The molecule has 0 aliphatic rings. The second kappa shape index (κ2) is 4.71. The Kier molecular flexibility index (Phi) is 3.28. The van der Waals surface area contributed by atoms with E-state index in [0.717, 1.165) is 17.1 Å². The van der Waals surface area contributed by atoms with Crippen LogP contribution >= 0.6 is 11.3 Å². The molecule has 0 aliphatic heterocycles. The number of benzene rings is 1. The van der Waals surface area contributed by atoms with Crippen LogP contribution in [0.3, 0.4) is 0 Å². The second-order valence-corrected chi connectivity index (χ2v) is 4.78. The van der Waals surface area contributed by atoms with E-state index in [2.05, 4.69) is 4.98 Å². The lowest BCUT2D eigenvalue weighted by Crippen LogP contribution is -2.05. The number of halogens is 2. The van der Waals surface area contributed by atoms with E-state index in [9.17, 15) is 13.6 Å². The van der Waals surface area contributed by atoms with Crippen molar-refractivity contribution in [2.45, 2.75) is 13.3 Å². The summed E-state index contributed by atoms with van der Waals surface area (Å²) >= 11 is 1.22. The first-order valence-corrected chi connectivity index (χ1v) is 5.78. The molecule has 88 valence electrons. The number of aryl methyl sites for hydroxylation is 1. The van der Waals surface area contributed by atoms with Crippen LogP contribution in [-0.2, 0) is 6.42 Å². The highest BCUT2D eigenvalue weighted by Crippen LogP contribution is 2.18. The highest BCUT2D eigenvalue weighted by atomic mass is 32.1. The zero-order valence-corrected chi connectivity index (χ0v) is 9.85. The van der Waals surface area contributed by atoms with Crippen molar-refractivity contribution in [3.63, 3.8) is 0 Å². The average Bonchev–Trinajstić information content (AvgIpc) is 2.70. The second-order valence-electron chi connectivity index (χ2n) is 3.54. The lowest BCUT2D eigenvalue weighted by atomic mass is 10.1. The van der Waals surface area contributed by atoms with Crippen LogP contribution in [0.5, 0.6) is 0 Å². The molecule has 0 N–H and O–H groups in total. The number of carbonyl (C=O) groups is 1. The van der Waals surface area contributed by atoms with Gasteiger partial charge in [-0.05, 0) is 19.1 Å². The molecule has 0 spiro atoms. The van der Waals surface area contributed by atoms with Crippen molar-refractivity contribution in [1.29, 1.82) is 0 Å². The van der Waals surface area contributed by atoms with Crippen molar-refractivity contribution >= 4 is 17.1 Å². The van der Waals surface area contributed by atoms with Gasteiger partial charge in [0.15, 0.2) is 5.78 Å². The Labute approximate surface area is 101 Å². The van der Waals surface area contributed by atoms with Gasteiger partial charge >= 0.3 is 0 Å². The molecular formula is C12H9F2NOS. The molecule has 2 aromatic rings. The summed E-state index contributed by atoms with van der Waals surface area (Å²) in [5, 5.41) is 0.752. The number of carbonyl (C=O) groups excluding carboxylic acids is 1. The minimum Gasteiger partial charge on any atom is -0.293 e. The number of Topliss-reactive ketones (excluding diaryl/α,β-unsaturated/α-hetero) is 1. The van der Waals surface area contributed by atoms with Gasteiger partial charge < -0.3 is 0 Å². The molecule has 0 amide bonds. The first-order chi connectivity index (χ1) is 8.08. The Bertz CT molecular complexity index is 545. The van der Waals surface area contributed by atoms with Crippen molar-refractivity contribution in [2.75, 3.05) is 0 Å². The lowest BCUT2D eigenvalue weighted by Gasteiger charge is -2.02. The molecule has 1 aromatic heterocycles. The first-order valence-electron chi connectivity index (χ1n) is 4.96. The van der Waals surface area contributed by atoms with Crippen LogP contribution in [-0.4, -0.2) is 10.8 Å². The molecule has 0 bridgehead atoms. The SMILES string of the molecule is Cc1ncc(C(=O)Cc2c(F)cccc2F)s1. The Hall–Kier alpha value is -1.62. The summed E-state index contributed by atoms with van der Waals surface area (Å²) in [6.45, 7) is 1.77. The molecule has 0 saturated carbocycles. The van der Waals surface area contributed by atoms with Crippen LogP contribution in [0.1, 0.15) is 20.2 Å². The third kappa shape index (κ3) is 2.55. The molecule has 1 heterocycles. The maximum Gasteiger partial charge on any atom is 0.178 e. The van der Waals surface area contributed by atoms with Gasteiger partial charge in [-0.25, -0.2) is 13.8 Å². The monoisotopic (exact) mass is 253 g/mol. The number of ketones is 1. The van der Waals surface area contributed by atoms with Gasteiger partial charge in [0, 0.05) is 18.2 Å². The number of thiazole rings is 1. The van der Waals surface area contributed by atoms with E-state index in [1.807, 2.05) is 0 Å². The van der Waals surface area contributed by atoms with Crippen molar-refractivity contribution in [2.24, 2.45) is 0 Å². The van der Waals surface area contributed by atoms with Gasteiger partial charge in [-0.15, -0.1) is 11.3 Å². The molecule has 17 heavy (non-hydrogen) atoms. The fourth-order valence-corrected chi connectivity index (χ4v) is 2.15. The molecule has 0 aliphatic carbocycles. The zero-order chi connectivity index (χ0) is 12.4. The Balaban J connectivity index is 2.24. The van der Waals surface area contributed by atoms with E-state index in [4.69, 9.17) is 0 Å².